The third-order valence-corrected chi connectivity index (χ3v) is 4.10. The summed E-state index contributed by atoms with van der Waals surface area (Å²) in [5.74, 6) is 0. The highest BCUT2D eigenvalue weighted by atomic mass is 16.5. The van der Waals surface area contributed by atoms with Crippen molar-refractivity contribution < 1.29 is 9.53 Å². The molecule has 0 bridgehead atoms. The van der Waals surface area contributed by atoms with Crippen LogP contribution in [0.2, 0.25) is 0 Å². The topological polar surface area (TPSA) is 44.8 Å². The number of piperazine rings is 1. The number of hydrogen-bond acceptors (Lipinski definition) is 3. The fourth-order valence-electron chi connectivity index (χ4n) is 3.14. The molecule has 0 aromatic rings. The zero-order valence-electron chi connectivity index (χ0n) is 10.4. The maximum Gasteiger partial charge on any atom is 0.317 e. The number of urea groups is 1. The van der Waals surface area contributed by atoms with Crippen molar-refractivity contribution in [1.82, 2.24) is 15.1 Å². The monoisotopic (exact) mass is 239 g/mol. The number of carbonyl (C=O) groups is 1. The second kappa shape index (κ2) is 4.46. The molecule has 5 nitrogen and oxygen atoms in total. The summed E-state index contributed by atoms with van der Waals surface area (Å²) in [6, 6.07) is 0.482. The van der Waals surface area contributed by atoms with Gasteiger partial charge in [0.2, 0.25) is 0 Å². The summed E-state index contributed by atoms with van der Waals surface area (Å²) in [7, 11) is 0. The minimum atomic E-state index is 0.111. The van der Waals surface area contributed by atoms with Crippen LogP contribution in [0.25, 0.3) is 0 Å². The van der Waals surface area contributed by atoms with Gasteiger partial charge in [0, 0.05) is 32.7 Å². The van der Waals surface area contributed by atoms with Gasteiger partial charge < -0.3 is 15.0 Å². The van der Waals surface area contributed by atoms with E-state index in [-0.39, 0.29) is 6.03 Å². The first-order valence-electron chi connectivity index (χ1n) is 6.64. The largest absolute Gasteiger partial charge is 0.374 e. The van der Waals surface area contributed by atoms with Crippen LogP contribution in [0.1, 0.15) is 19.8 Å². The van der Waals surface area contributed by atoms with Gasteiger partial charge in [-0.2, -0.15) is 0 Å². The van der Waals surface area contributed by atoms with E-state index in [1.165, 1.54) is 12.8 Å². The molecule has 0 aliphatic carbocycles. The molecule has 3 saturated heterocycles. The standard InChI is InChI=1S/C12H21N3O2/c1-9-2-3-11(17-9)8-14-4-5-15-10(7-14)6-13-12(15)16/h9-11H,2-8H2,1H3,(H,13,16)/t9-,10+,11+/m1/s1. The molecule has 0 unspecified atom stereocenters. The molecule has 1 N–H and O–H groups in total. The third-order valence-electron chi connectivity index (χ3n) is 4.10. The van der Waals surface area contributed by atoms with Gasteiger partial charge in [0.15, 0.2) is 0 Å². The molecular formula is C12H21N3O2. The molecule has 5 heteroatoms. The summed E-state index contributed by atoms with van der Waals surface area (Å²) in [6.07, 6.45) is 3.20. The van der Waals surface area contributed by atoms with Crippen LogP contribution in [0.3, 0.4) is 0 Å². The summed E-state index contributed by atoms with van der Waals surface area (Å²) in [5.41, 5.74) is 0. The van der Waals surface area contributed by atoms with Gasteiger partial charge in [0.1, 0.15) is 0 Å². The molecule has 3 atom stereocenters. The molecule has 17 heavy (non-hydrogen) atoms. The fraction of sp³-hybridized carbons (Fsp3) is 0.917. The summed E-state index contributed by atoms with van der Waals surface area (Å²) >= 11 is 0. The third kappa shape index (κ3) is 2.26. The van der Waals surface area contributed by atoms with Crippen LogP contribution < -0.4 is 5.32 Å². The fourth-order valence-corrected chi connectivity index (χ4v) is 3.14. The molecule has 96 valence electrons. The molecule has 0 aromatic carbocycles. The lowest BCUT2D eigenvalue weighted by atomic mass is 10.1. The highest BCUT2D eigenvalue weighted by Crippen LogP contribution is 2.21. The molecule has 3 fully saturated rings. The van der Waals surface area contributed by atoms with Crippen LogP contribution in [0.15, 0.2) is 0 Å². The van der Waals surface area contributed by atoms with Gasteiger partial charge in [-0.05, 0) is 19.8 Å². The number of fused-ring (bicyclic) bond motifs is 1. The molecule has 3 heterocycles. The van der Waals surface area contributed by atoms with Crippen molar-refractivity contribution in [1.29, 1.82) is 0 Å². The van der Waals surface area contributed by atoms with Crippen LogP contribution in [0.5, 0.6) is 0 Å². The Balaban J connectivity index is 1.51. The van der Waals surface area contributed by atoms with Gasteiger partial charge in [-0.15, -0.1) is 0 Å². The molecule has 3 aliphatic heterocycles. The van der Waals surface area contributed by atoms with E-state index in [1.54, 1.807) is 0 Å². The zero-order chi connectivity index (χ0) is 11.8. The summed E-state index contributed by atoms with van der Waals surface area (Å²) in [5, 5.41) is 2.91. The number of nitrogens with one attached hydrogen (secondary N) is 1. The lowest BCUT2D eigenvalue weighted by Crippen LogP contribution is -2.53. The first kappa shape index (κ1) is 11.3. The summed E-state index contributed by atoms with van der Waals surface area (Å²) in [6.45, 7) is 6.82. The van der Waals surface area contributed by atoms with Crippen LogP contribution in [0, 0.1) is 0 Å². The maximum absolute atomic E-state index is 11.5. The van der Waals surface area contributed by atoms with Gasteiger partial charge in [-0.25, -0.2) is 4.79 Å². The van der Waals surface area contributed by atoms with Crippen molar-refractivity contribution in [2.24, 2.45) is 0 Å². The minimum absolute atomic E-state index is 0.111. The van der Waals surface area contributed by atoms with Crippen LogP contribution >= 0.6 is 0 Å². The molecule has 0 radical (unpaired) electrons. The number of nitrogens with zero attached hydrogens (tertiary/aromatic N) is 2. The Morgan fingerprint density at radius 2 is 2.29 bits per heavy atom. The molecule has 0 spiro atoms. The predicted molar refractivity (Wildman–Crippen MR) is 63.9 cm³/mol. The number of ether oxygens (including phenoxy) is 1. The Hall–Kier alpha value is -0.810. The molecule has 3 aliphatic rings. The number of rotatable bonds is 2. The first-order chi connectivity index (χ1) is 8.22. The number of carbonyl (C=O) groups excluding carboxylic acids is 1. The normalized spacial score (nSPS) is 38.3. The molecular weight excluding hydrogens is 218 g/mol. The van der Waals surface area contributed by atoms with Crippen molar-refractivity contribution in [3.05, 3.63) is 0 Å². The second-order valence-electron chi connectivity index (χ2n) is 5.44. The molecule has 2 amide bonds. The van der Waals surface area contributed by atoms with Crippen molar-refractivity contribution in [2.75, 3.05) is 32.7 Å². The van der Waals surface area contributed by atoms with Gasteiger partial charge in [0.25, 0.3) is 0 Å². The average molecular weight is 239 g/mol. The van der Waals surface area contributed by atoms with E-state index in [0.29, 0.717) is 18.2 Å². The first-order valence-corrected chi connectivity index (χ1v) is 6.64. The van der Waals surface area contributed by atoms with Gasteiger partial charge >= 0.3 is 6.03 Å². The molecule has 0 aromatic heterocycles. The zero-order valence-corrected chi connectivity index (χ0v) is 10.4. The Kier molecular flexibility index (Phi) is 2.96. The lowest BCUT2D eigenvalue weighted by molar-refractivity contribution is 0.0175. The van der Waals surface area contributed by atoms with Crippen LogP contribution in [0.4, 0.5) is 4.79 Å². The van der Waals surface area contributed by atoms with E-state index < -0.39 is 0 Å². The van der Waals surface area contributed by atoms with E-state index >= 15 is 0 Å². The molecule has 0 saturated carbocycles. The van der Waals surface area contributed by atoms with Gasteiger partial charge in [-0.3, -0.25) is 4.90 Å². The van der Waals surface area contributed by atoms with Crippen molar-refractivity contribution >= 4 is 6.03 Å². The van der Waals surface area contributed by atoms with E-state index in [9.17, 15) is 4.79 Å². The van der Waals surface area contributed by atoms with E-state index in [0.717, 1.165) is 32.7 Å². The summed E-state index contributed by atoms with van der Waals surface area (Å²) in [4.78, 5) is 15.9. The Labute approximate surface area is 102 Å². The predicted octanol–water partition coefficient (Wildman–Crippen LogP) is 0.263. The van der Waals surface area contributed by atoms with Crippen molar-refractivity contribution in [3.8, 4) is 0 Å². The average Bonchev–Trinajstić information content (AvgIpc) is 2.87. The number of hydrogen-bond donors (Lipinski definition) is 1. The van der Waals surface area contributed by atoms with Crippen molar-refractivity contribution in [3.63, 3.8) is 0 Å². The van der Waals surface area contributed by atoms with Crippen LogP contribution in [-0.4, -0.2) is 66.8 Å². The maximum atomic E-state index is 11.5. The summed E-state index contributed by atoms with van der Waals surface area (Å²) < 4.78 is 5.86. The number of amides is 2. The van der Waals surface area contributed by atoms with Crippen molar-refractivity contribution in [2.45, 2.75) is 38.0 Å². The van der Waals surface area contributed by atoms with E-state index in [2.05, 4.69) is 17.1 Å². The highest BCUT2D eigenvalue weighted by molar-refractivity contribution is 5.77. The second-order valence-corrected chi connectivity index (χ2v) is 5.44. The minimum Gasteiger partial charge on any atom is -0.374 e. The van der Waals surface area contributed by atoms with Gasteiger partial charge in [-0.1, -0.05) is 0 Å². The lowest BCUT2D eigenvalue weighted by Gasteiger charge is -2.37. The highest BCUT2D eigenvalue weighted by Gasteiger charge is 2.36. The Bertz CT molecular complexity index is 310. The van der Waals surface area contributed by atoms with E-state index in [4.69, 9.17) is 4.74 Å². The SMILES string of the molecule is C[C@@H]1CC[C@@H](CN2CCN3C(=O)NC[C@H]3C2)O1. The van der Waals surface area contributed by atoms with Crippen LogP contribution in [-0.2, 0) is 4.74 Å². The molecule has 3 rings (SSSR count). The Morgan fingerprint density at radius 3 is 3.06 bits per heavy atom. The Morgan fingerprint density at radius 1 is 1.41 bits per heavy atom. The van der Waals surface area contributed by atoms with E-state index in [1.807, 2.05) is 4.90 Å². The smallest absolute Gasteiger partial charge is 0.317 e. The quantitative estimate of drug-likeness (QED) is 0.752. The van der Waals surface area contributed by atoms with Gasteiger partial charge in [0.05, 0.1) is 18.2 Å².